The van der Waals surface area contributed by atoms with Crippen molar-refractivity contribution in [3.05, 3.63) is 52.3 Å². The van der Waals surface area contributed by atoms with Crippen LogP contribution in [-0.2, 0) is 6.42 Å². The first kappa shape index (κ1) is 13.4. The number of aliphatic hydroxyl groups is 1. The van der Waals surface area contributed by atoms with E-state index in [1.807, 2.05) is 35.0 Å². The van der Waals surface area contributed by atoms with Crippen molar-refractivity contribution >= 4 is 23.2 Å². The molecule has 1 unspecified atom stereocenters. The van der Waals surface area contributed by atoms with Crippen LogP contribution in [0.25, 0.3) is 5.69 Å². The molecule has 0 aliphatic heterocycles. The van der Waals surface area contributed by atoms with E-state index in [2.05, 4.69) is 0 Å². The Labute approximate surface area is 116 Å². The second kappa shape index (κ2) is 5.76. The van der Waals surface area contributed by atoms with Crippen molar-refractivity contribution in [1.82, 2.24) is 4.57 Å². The molecule has 1 heterocycles. The lowest BCUT2D eigenvalue weighted by atomic mass is 10.2. The van der Waals surface area contributed by atoms with Crippen LogP contribution in [0.2, 0.25) is 10.0 Å². The van der Waals surface area contributed by atoms with Gasteiger partial charge in [0.15, 0.2) is 0 Å². The van der Waals surface area contributed by atoms with Gasteiger partial charge in [-0.1, -0.05) is 23.2 Å². The van der Waals surface area contributed by atoms with E-state index in [-0.39, 0.29) is 12.6 Å². The van der Waals surface area contributed by atoms with Gasteiger partial charge in [-0.2, -0.15) is 0 Å². The van der Waals surface area contributed by atoms with Crippen molar-refractivity contribution in [1.29, 1.82) is 0 Å². The highest BCUT2D eigenvalue weighted by Crippen LogP contribution is 2.23. The van der Waals surface area contributed by atoms with Crippen molar-refractivity contribution in [2.24, 2.45) is 5.73 Å². The molecule has 0 radical (unpaired) electrons. The molecule has 2 rings (SSSR count). The van der Waals surface area contributed by atoms with Gasteiger partial charge < -0.3 is 15.4 Å². The first-order chi connectivity index (χ1) is 8.60. The molecule has 0 bridgehead atoms. The molecule has 0 saturated carbocycles. The van der Waals surface area contributed by atoms with Gasteiger partial charge in [0.25, 0.3) is 0 Å². The molecule has 18 heavy (non-hydrogen) atoms. The molecule has 1 aromatic carbocycles. The van der Waals surface area contributed by atoms with E-state index in [1.54, 1.807) is 6.07 Å². The average Bonchev–Trinajstić information content (AvgIpc) is 2.75. The lowest BCUT2D eigenvalue weighted by Crippen LogP contribution is -2.27. The Morgan fingerprint density at radius 1 is 1.22 bits per heavy atom. The number of hydrogen-bond donors (Lipinski definition) is 2. The molecule has 5 heteroatoms. The molecule has 3 N–H and O–H groups in total. The van der Waals surface area contributed by atoms with E-state index in [0.717, 1.165) is 11.4 Å². The van der Waals surface area contributed by atoms with Gasteiger partial charge >= 0.3 is 0 Å². The molecule has 0 spiro atoms. The number of hydrogen-bond acceptors (Lipinski definition) is 2. The van der Waals surface area contributed by atoms with E-state index in [4.69, 9.17) is 34.0 Å². The summed E-state index contributed by atoms with van der Waals surface area (Å²) in [5, 5.41) is 10.2. The van der Waals surface area contributed by atoms with Crippen molar-refractivity contribution < 1.29 is 5.11 Å². The van der Waals surface area contributed by atoms with E-state index < -0.39 is 0 Å². The van der Waals surface area contributed by atoms with Crippen molar-refractivity contribution in [2.45, 2.75) is 12.5 Å². The van der Waals surface area contributed by atoms with Crippen molar-refractivity contribution in [2.75, 3.05) is 6.61 Å². The van der Waals surface area contributed by atoms with Crippen molar-refractivity contribution in [3.8, 4) is 5.69 Å². The Bertz CT molecular complexity index is 519. The zero-order valence-electron chi connectivity index (χ0n) is 9.68. The molecule has 1 aromatic heterocycles. The van der Waals surface area contributed by atoms with Crippen LogP contribution in [-0.4, -0.2) is 22.3 Å². The highest BCUT2D eigenvalue weighted by Gasteiger charge is 2.09. The third kappa shape index (κ3) is 3.06. The second-order valence-electron chi connectivity index (χ2n) is 4.14. The predicted octanol–water partition coefficient (Wildman–Crippen LogP) is 2.65. The van der Waals surface area contributed by atoms with Gasteiger partial charge in [0.2, 0.25) is 0 Å². The van der Waals surface area contributed by atoms with Crippen LogP contribution >= 0.6 is 23.2 Å². The first-order valence-electron chi connectivity index (χ1n) is 5.59. The minimum atomic E-state index is -0.270. The summed E-state index contributed by atoms with van der Waals surface area (Å²) in [7, 11) is 0. The first-order valence-corrected chi connectivity index (χ1v) is 6.35. The molecule has 0 fully saturated rings. The van der Waals surface area contributed by atoms with Crippen LogP contribution in [0.1, 0.15) is 5.69 Å². The lowest BCUT2D eigenvalue weighted by Gasteiger charge is -2.13. The van der Waals surface area contributed by atoms with Gasteiger partial charge in [0, 0.05) is 40.1 Å². The zero-order valence-corrected chi connectivity index (χ0v) is 11.2. The van der Waals surface area contributed by atoms with E-state index >= 15 is 0 Å². The van der Waals surface area contributed by atoms with Gasteiger partial charge in [-0.15, -0.1) is 0 Å². The standard InChI is InChI=1S/C13H14Cl2N2O/c14-9-4-10(15)6-13(5-9)17-3-1-2-12(17)7-11(16)8-18/h1-6,11,18H,7-8,16H2. The SMILES string of the molecule is NC(CO)Cc1cccn1-c1cc(Cl)cc(Cl)c1. The molecule has 96 valence electrons. The number of benzene rings is 1. The molecule has 0 aliphatic rings. The highest BCUT2D eigenvalue weighted by atomic mass is 35.5. The van der Waals surface area contributed by atoms with E-state index in [0.29, 0.717) is 16.5 Å². The monoisotopic (exact) mass is 284 g/mol. The average molecular weight is 285 g/mol. The van der Waals surface area contributed by atoms with E-state index in [1.165, 1.54) is 0 Å². The predicted molar refractivity (Wildman–Crippen MR) is 74.6 cm³/mol. The van der Waals surface area contributed by atoms with Gasteiger partial charge in [-0.05, 0) is 30.3 Å². The topological polar surface area (TPSA) is 51.2 Å². The summed E-state index contributed by atoms with van der Waals surface area (Å²) in [6.07, 6.45) is 2.51. The van der Waals surface area contributed by atoms with Gasteiger partial charge in [-0.25, -0.2) is 0 Å². The zero-order chi connectivity index (χ0) is 13.1. The van der Waals surface area contributed by atoms with Gasteiger partial charge in [0.05, 0.1) is 6.61 Å². The van der Waals surface area contributed by atoms with E-state index in [9.17, 15) is 0 Å². The van der Waals surface area contributed by atoms with Crippen LogP contribution in [0, 0.1) is 0 Å². The molecular weight excluding hydrogens is 271 g/mol. The maximum atomic E-state index is 9.01. The largest absolute Gasteiger partial charge is 0.395 e. The number of nitrogens with zero attached hydrogens (tertiary/aromatic N) is 1. The van der Waals surface area contributed by atoms with Crippen molar-refractivity contribution in [3.63, 3.8) is 0 Å². The Kier molecular flexibility index (Phi) is 4.30. The Morgan fingerprint density at radius 3 is 2.50 bits per heavy atom. The summed E-state index contributed by atoms with van der Waals surface area (Å²) in [6.45, 7) is -0.0402. The second-order valence-corrected chi connectivity index (χ2v) is 5.02. The third-order valence-electron chi connectivity index (χ3n) is 2.66. The third-order valence-corrected chi connectivity index (χ3v) is 3.10. The number of aliphatic hydroxyl groups excluding tert-OH is 1. The molecule has 0 saturated heterocycles. The van der Waals surface area contributed by atoms with Gasteiger partial charge in [0.1, 0.15) is 0 Å². The molecule has 0 aliphatic carbocycles. The summed E-state index contributed by atoms with van der Waals surface area (Å²) in [5.41, 5.74) is 7.65. The molecule has 1 atom stereocenters. The quantitative estimate of drug-likeness (QED) is 0.907. The number of rotatable bonds is 4. The highest BCUT2D eigenvalue weighted by molar-refractivity contribution is 6.34. The maximum absolute atomic E-state index is 9.01. The van der Waals surface area contributed by atoms with Crippen LogP contribution in [0.15, 0.2) is 36.5 Å². The van der Waals surface area contributed by atoms with Crippen LogP contribution in [0.4, 0.5) is 0 Å². The van der Waals surface area contributed by atoms with Crippen LogP contribution < -0.4 is 5.73 Å². The fourth-order valence-corrected chi connectivity index (χ4v) is 2.36. The summed E-state index contributed by atoms with van der Waals surface area (Å²) < 4.78 is 1.97. The van der Waals surface area contributed by atoms with Crippen LogP contribution in [0.5, 0.6) is 0 Å². The minimum Gasteiger partial charge on any atom is -0.395 e. The molecule has 2 aromatic rings. The molecular formula is C13H14Cl2N2O. The fraction of sp³-hybridized carbons (Fsp3) is 0.231. The Balaban J connectivity index is 2.36. The smallest absolute Gasteiger partial charge is 0.0586 e. The lowest BCUT2D eigenvalue weighted by molar-refractivity contribution is 0.264. The number of halogens is 2. The summed E-state index contributed by atoms with van der Waals surface area (Å²) in [6, 6.07) is 8.98. The minimum absolute atomic E-state index is 0.0402. The normalized spacial score (nSPS) is 12.7. The molecule has 0 amide bonds. The molecule has 3 nitrogen and oxygen atoms in total. The summed E-state index contributed by atoms with van der Waals surface area (Å²) in [4.78, 5) is 0. The summed E-state index contributed by atoms with van der Waals surface area (Å²) >= 11 is 12.0. The number of nitrogens with two attached hydrogens (primary N) is 1. The van der Waals surface area contributed by atoms with Gasteiger partial charge in [-0.3, -0.25) is 0 Å². The summed E-state index contributed by atoms with van der Waals surface area (Å²) in [5.74, 6) is 0. The van der Waals surface area contributed by atoms with Crippen LogP contribution in [0.3, 0.4) is 0 Å². The Hall–Kier alpha value is -1.000. The maximum Gasteiger partial charge on any atom is 0.0586 e. The fourth-order valence-electron chi connectivity index (χ4n) is 1.85. The number of aromatic nitrogens is 1. The Morgan fingerprint density at radius 2 is 1.89 bits per heavy atom.